The van der Waals surface area contributed by atoms with E-state index < -0.39 is 0 Å². The fraction of sp³-hybridized carbons (Fsp3) is 0.143. The number of thiazole rings is 2. The number of aromatic nitrogens is 2. The highest BCUT2D eigenvalue weighted by Gasteiger charge is 2.14. The molecule has 0 aliphatic carbocycles. The first-order chi connectivity index (χ1) is 10.1. The summed E-state index contributed by atoms with van der Waals surface area (Å²) in [5.41, 5.74) is 8.42. The molecule has 3 rings (SSSR count). The second-order valence-electron chi connectivity index (χ2n) is 4.38. The summed E-state index contributed by atoms with van der Waals surface area (Å²) in [5, 5.41) is 4.74. The largest absolute Gasteiger partial charge is 0.375 e. The summed E-state index contributed by atoms with van der Waals surface area (Å²) in [7, 11) is 0. The number of hydrogen-bond acceptors (Lipinski definition) is 6. The first-order valence-corrected chi connectivity index (χ1v) is 8.85. The van der Waals surface area contributed by atoms with Crippen LogP contribution in [0.4, 0.5) is 9.52 Å². The van der Waals surface area contributed by atoms with Crippen LogP contribution < -0.4 is 5.73 Å². The lowest BCUT2D eigenvalue weighted by atomic mass is 10.2. The maximum absolute atomic E-state index is 12.9. The van der Waals surface area contributed by atoms with Gasteiger partial charge < -0.3 is 5.73 Å². The van der Waals surface area contributed by atoms with Crippen LogP contribution in [0.2, 0.25) is 0 Å². The molecular formula is C14H12FN3S3. The number of thioether (sulfide) groups is 1. The predicted molar refractivity (Wildman–Crippen MR) is 88.3 cm³/mol. The van der Waals surface area contributed by atoms with Gasteiger partial charge in [0.1, 0.15) is 5.82 Å². The first kappa shape index (κ1) is 14.5. The predicted octanol–water partition coefficient (Wildman–Crippen LogP) is 4.84. The average Bonchev–Trinajstić information content (AvgIpc) is 3.09. The zero-order chi connectivity index (χ0) is 14.8. The Labute approximate surface area is 134 Å². The smallest absolute Gasteiger partial charge is 0.180 e. The van der Waals surface area contributed by atoms with Crippen molar-refractivity contribution in [2.24, 2.45) is 0 Å². The van der Waals surface area contributed by atoms with Gasteiger partial charge in [-0.2, -0.15) is 0 Å². The van der Waals surface area contributed by atoms with E-state index in [0.717, 1.165) is 21.3 Å². The molecule has 0 bridgehead atoms. The van der Waals surface area contributed by atoms with Gasteiger partial charge in [0.25, 0.3) is 0 Å². The molecule has 108 valence electrons. The average molecular weight is 337 g/mol. The molecule has 3 aromatic rings. The zero-order valence-electron chi connectivity index (χ0n) is 11.1. The molecule has 2 N–H and O–H groups in total. The third-order valence-electron chi connectivity index (χ3n) is 2.86. The number of nitrogen functional groups attached to an aromatic ring is 1. The molecule has 0 saturated heterocycles. The molecule has 0 fully saturated rings. The van der Waals surface area contributed by atoms with Crippen molar-refractivity contribution in [2.75, 3.05) is 5.73 Å². The Bertz CT molecular complexity index is 736. The van der Waals surface area contributed by atoms with Crippen LogP contribution in [0.1, 0.15) is 17.9 Å². The molecule has 2 aromatic heterocycles. The third-order valence-corrected chi connectivity index (χ3v) is 5.65. The van der Waals surface area contributed by atoms with Crippen molar-refractivity contribution in [2.45, 2.75) is 16.5 Å². The van der Waals surface area contributed by atoms with Crippen molar-refractivity contribution < 1.29 is 4.39 Å². The molecule has 2 heterocycles. The normalized spacial score (nSPS) is 12.5. The van der Waals surface area contributed by atoms with Crippen LogP contribution in [0, 0.1) is 5.82 Å². The van der Waals surface area contributed by atoms with Gasteiger partial charge in [-0.25, -0.2) is 14.4 Å². The minimum atomic E-state index is -0.238. The van der Waals surface area contributed by atoms with Gasteiger partial charge in [-0.05, 0) is 31.2 Å². The monoisotopic (exact) mass is 337 g/mol. The van der Waals surface area contributed by atoms with Crippen LogP contribution in [0.15, 0.2) is 39.4 Å². The van der Waals surface area contributed by atoms with Gasteiger partial charge in [-0.3, -0.25) is 0 Å². The second-order valence-corrected chi connectivity index (χ2v) is 7.71. The van der Waals surface area contributed by atoms with E-state index in [0.29, 0.717) is 5.13 Å². The van der Waals surface area contributed by atoms with E-state index >= 15 is 0 Å². The summed E-state index contributed by atoms with van der Waals surface area (Å²) in [6.07, 6.45) is 0. The van der Waals surface area contributed by atoms with Gasteiger partial charge >= 0.3 is 0 Å². The van der Waals surface area contributed by atoms with Gasteiger partial charge in [0, 0.05) is 16.3 Å². The fourth-order valence-corrected chi connectivity index (χ4v) is 4.55. The highest BCUT2D eigenvalue weighted by atomic mass is 32.2. The second kappa shape index (κ2) is 6.13. The van der Waals surface area contributed by atoms with Crippen molar-refractivity contribution >= 4 is 39.6 Å². The number of rotatable bonds is 4. The van der Waals surface area contributed by atoms with E-state index in [9.17, 15) is 4.39 Å². The van der Waals surface area contributed by atoms with Gasteiger partial charge in [0.05, 0.1) is 16.6 Å². The van der Waals surface area contributed by atoms with E-state index in [1.54, 1.807) is 35.2 Å². The van der Waals surface area contributed by atoms with Gasteiger partial charge in [-0.1, -0.05) is 11.8 Å². The molecule has 21 heavy (non-hydrogen) atoms. The summed E-state index contributed by atoms with van der Waals surface area (Å²) in [6.45, 7) is 2.08. The molecule has 7 heteroatoms. The lowest BCUT2D eigenvalue weighted by Gasteiger charge is -2.04. The minimum absolute atomic E-state index is 0.200. The maximum atomic E-state index is 12.9. The lowest BCUT2D eigenvalue weighted by molar-refractivity contribution is 0.628. The molecule has 1 atom stereocenters. The SMILES string of the molecule is CC(Sc1nc(-c2ccc(F)cc2)cs1)c1csc(N)n1. The Hall–Kier alpha value is -1.44. The third kappa shape index (κ3) is 3.42. The van der Waals surface area contributed by atoms with Crippen LogP contribution in [-0.4, -0.2) is 9.97 Å². The molecule has 1 aromatic carbocycles. The summed E-state index contributed by atoms with van der Waals surface area (Å²) in [6, 6.07) is 6.37. The molecule has 0 aliphatic heterocycles. The minimum Gasteiger partial charge on any atom is -0.375 e. The Morgan fingerprint density at radius 1 is 1.14 bits per heavy atom. The first-order valence-electron chi connectivity index (χ1n) is 6.21. The Morgan fingerprint density at radius 3 is 2.57 bits per heavy atom. The molecule has 1 unspecified atom stereocenters. The van der Waals surface area contributed by atoms with E-state index in [1.165, 1.54) is 23.5 Å². The quantitative estimate of drug-likeness (QED) is 0.692. The standard InChI is InChI=1S/C14H12FN3S3/c1-8(11-6-19-13(16)17-11)21-14-18-12(7-20-14)9-2-4-10(15)5-3-9/h2-8H,1H3,(H2,16,17). The molecule has 0 saturated carbocycles. The molecule has 3 nitrogen and oxygen atoms in total. The van der Waals surface area contributed by atoms with E-state index in [2.05, 4.69) is 16.9 Å². The van der Waals surface area contributed by atoms with Crippen LogP contribution >= 0.6 is 34.4 Å². The van der Waals surface area contributed by atoms with Gasteiger partial charge in [0.15, 0.2) is 9.47 Å². The summed E-state index contributed by atoms with van der Waals surface area (Å²) in [4.78, 5) is 8.88. The van der Waals surface area contributed by atoms with Crippen LogP contribution in [0.3, 0.4) is 0 Å². The van der Waals surface area contributed by atoms with Crippen LogP contribution in [0.25, 0.3) is 11.3 Å². The van der Waals surface area contributed by atoms with Crippen molar-refractivity contribution in [1.29, 1.82) is 0 Å². The van der Waals surface area contributed by atoms with Crippen molar-refractivity contribution in [3.63, 3.8) is 0 Å². The van der Waals surface area contributed by atoms with E-state index in [1.807, 2.05) is 10.8 Å². The number of anilines is 1. The zero-order valence-corrected chi connectivity index (χ0v) is 13.6. The van der Waals surface area contributed by atoms with Crippen molar-refractivity contribution in [1.82, 2.24) is 9.97 Å². The number of halogens is 1. The fourth-order valence-electron chi connectivity index (χ4n) is 1.76. The summed E-state index contributed by atoms with van der Waals surface area (Å²) in [5.74, 6) is -0.238. The Morgan fingerprint density at radius 2 is 1.90 bits per heavy atom. The van der Waals surface area contributed by atoms with Gasteiger partial charge in [-0.15, -0.1) is 22.7 Å². The molecule has 0 spiro atoms. The van der Waals surface area contributed by atoms with Crippen molar-refractivity contribution in [3.05, 3.63) is 46.5 Å². The highest BCUT2D eigenvalue weighted by molar-refractivity contribution is 8.01. The number of nitrogens with zero attached hydrogens (tertiary/aromatic N) is 2. The molecule has 0 aliphatic rings. The topological polar surface area (TPSA) is 51.8 Å². The lowest BCUT2D eigenvalue weighted by Crippen LogP contribution is -1.90. The van der Waals surface area contributed by atoms with E-state index in [4.69, 9.17) is 5.73 Å². The maximum Gasteiger partial charge on any atom is 0.180 e. The number of hydrogen-bond donors (Lipinski definition) is 1. The van der Waals surface area contributed by atoms with Crippen LogP contribution in [0.5, 0.6) is 0 Å². The summed E-state index contributed by atoms with van der Waals surface area (Å²) >= 11 is 4.68. The highest BCUT2D eigenvalue weighted by Crippen LogP contribution is 2.38. The van der Waals surface area contributed by atoms with Crippen molar-refractivity contribution in [3.8, 4) is 11.3 Å². The molecular weight excluding hydrogens is 325 g/mol. The Balaban J connectivity index is 1.74. The van der Waals surface area contributed by atoms with Crippen LogP contribution in [-0.2, 0) is 0 Å². The molecule has 0 amide bonds. The summed E-state index contributed by atoms with van der Waals surface area (Å²) < 4.78 is 13.9. The number of nitrogens with two attached hydrogens (primary N) is 1. The van der Waals surface area contributed by atoms with Gasteiger partial charge in [0.2, 0.25) is 0 Å². The van der Waals surface area contributed by atoms with E-state index in [-0.39, 0.29) is 11.1 Å². The Kier molecular flexibility index (Phi) is 4.23. The molecule has 0 radical (unpaired) electrons. The number of benzene rings is 1.